The van der Waals surface area contributed by atoms with Crippen LogP contribution in [0.25, 0.3) is 11.0 Å². The lowest BCUT2D eigenvalue weighted by Crippen LogP contribution is -2.39. The molecule has 1 atom stereocenters. The Morgan fingerprint density at radius 3 is 2.81 bits per heavy atom. The summed E-state index contributed by atoms with van der Waals surface area (Å²) in [4.78, 5) is 11.4. The van der Waals surface area contributed by atoms with Crippen LogP contribution in [0.4, 0.5) is 0 Å². The van der Waals surface area contributed by atoms with Crippen LogP contribution in [0.2, 0.25) is 0 Å². The Hall–Kier alpha value is -1.66. The molecule has 2 aromatic rings. The zero-order chi connectivity index (χ0) is 15.0. The largest absolute Gasteiger partial charge is 0.423 e. The predicted molar refractivity (Wildman–Crippen MR) is 79.6 cm³/mol. The van der Waals surface area contributed by atoms with Gasteiger partial charge in [0.2, 0.25) is 10.0 Å². The van der Waals surface area contributed by atoms with Crippen LogP contribution < -0.4 is 5.63 Å². The monoisotopic (exact) mass is 307 g/mol. The first kappa shape index (κ1) is 14.3. The van der Waals surface area contributed by atoms with Crippen LogP contribution in [-0.2, 0) is 10.0 Å². The Kier molecular flexibility index (Phi) is 3.59. The first-order valence-corrected chi connectivity index (χ1v) is 8.45. The van der Waals surface area contributed by atoms with E-state index in [9.17, 15) is 13.2 Å². The van der Waals surface area contributed by atoms with Crippen molar-refractivity contribution >= 4 is 21.0 Å². The van der Waals surface area contributed by atoms with E-state index < -0.39 is 15.6 Å². The minimum absolute atomic E-state index is 0.248. The van der Waals surface area contributed by atoms with E-state index in [1.807, 2.05) is 0 Å². The fourth-order valence-corrected chi connectivity index (χ4v) is 4.36. The van der Waals surface area contributed by atoms with Crippen LogP contribution in [-0.4, -0.2) is 25.8 Å². The molecule has 0 N–H and O–H groups in total. The molecule has 0 saturated carbocycles. The van der Waals surface area contributed by atoms with Gasteiger partial charge in [-0.25, -0.2) is 13.2 Å². The molecular formula is C15H17NO4S. The quantitative estimate of drug-likeness (QED) is 0.798. The van der Waals surface area contributed by atoms with Gasteiger partial charge >= 0.3 is 5.63 Å². The van der Waals surface area contributed by atoms with Crippen LogP contribution in [0.15, 0.2) is 44.4 Å². The highest BCUT2D eigenvalue weighted by Crippen LogP contribution is 2.25. The number of piperidine rings is 1. The van der Waals surface area contributed by atoms with Crippen LogP contribution in [0.5, 0.6) is 0 Å². The Balaban J connectivity index is 2.02. The molecule has 21 heavy (non-hydrogen) atoms. The lowest BCUT2D eigenvalue weighted by molar-refractivity contribution is 0.281. The summed E-state index contributed by atoms with van der Waals surface area (Å²) in [5.74, 6) is 0.381. The minimum atomic E-state index is -3.48. The van der Waals surface area contributed by atoms with Gasteiger partial charge in [-0.2, -0.15) is 4.31 Å². The minimum Gasteiger partial charge on any atom is -0.423 e. The smallest absolute Gasteiger partial charge is 0.336 e. The van der Waals surface area contributed by atoms with Crippen molar-refractivity contribution in [3.63, 3.8) is 0 Å². The Morgan fingerprint density at radius 2 is 2.05 bits per heavy atom. The molecule has 0 unspecified atom stereocenters. The number of sulfonamides is 1. The van der Waals surface area contributed by atoms with Crippen molar-refractivity contribution in [3.05, 3.63) is 40.8 Å². The van der Waals surface area contributed by atoms with Gasteiger partial charge < -0.3 is 4.42 Å². The number of hydrogen-bond acceptors (Lipinski definition) is 4. The lowest BCUT2D eigenvalue weighted by Gasteiger charge is -2.30. The molecular weight excluding hydrogens is 290 g/mol. The average molecular weight is 307 g/mol. The number of nitrogens with zero attached hydrogens (tertiary/aromatic N) is 1. The molecule has 6 heteroatoms. The van der Waals surface area contributed by atoms with Crippen molar-refractivity contribution in [2.24, 2.45) is 5.92 Å². The number of benzene rings is 1. The SMILES string of the molecule is C[C@H]1CCCN(S(=O)(=O)c2ccc3oc(=O)ccc3c2)C1. The molecule has 1 aromatic heterocycles. The Bertz CT molecular complexity index is 825. The third-order valence-corrected chi connectivity index (χ3v) is 5.71. The molecule has 1 aliphatic rings. The summed E-state index contributed by atoms with van der Waals surface area (Å²) in [7, 11) is -3.48. The molecule has 3 rings (SSSR count). The third-order valence-electron chi connectivity index (χ3n) is 3.85. The molecule has 1 aromatic carbocycles. The van der Waals surface area contributed by atoms with Gasteiger partial charge in [-0.1, -0.05) is 6.92 Å². The molecule has 0 radical (unpaired) electrons. The van der Waals surface area contributed by atoms with Gasteiger partial charge in [0.1, 0.15) is 5.58 Å². The molecule has 5 nitrogen and oxygen atoms in total. The van der Waals surface area contributed by atoms with Crippen molar-refractivity contribution in [3.8, 4) is 0 Å². The Labute approximate surface area is 123 Å². The lowest BCUT2D eigenvalue weighted by atomic mass is 10.0. The van der Waals surface area contributed by atoms with Gasteiger partial charge in [0.25, 0.3) is 0 Å². The topological polar surface area (TPSA) is 67.6 Å². The van der Waals surface area contributed by atoms with Crippen molar-refractivity contribution in [1.82, 2.24) is 4.31 Å². The second-order valence-corrected chi connectivity index (χ2v) is 7.50. The number of rotatable bonds is 2. The van der Waals surface area contributed by atoms with E-state index in [4.69, 9.17) is 4.42 Å². The van der Waals surface area contributed by atoms with E-state index in [-0.39, 0.29) is 4.90 Å². The summed E-state index contributed by atoms with van der Waals surface area (Å²) >= 11 is 0. The highest BCUT2D eigenvalue weighted by molar-refractivity contribution is 7.89. The van der Waals surface area contributed by atoms with E-state index in [1.165, 1.54) is 18.2 Å². The van der Waals surface area contributed by atoms with Gasteiger partial charge in [0.15, 0.2) is 0 Å². The number of hydrogen-bond donors (Lipinski definition) is 0. The maximum atomic E-state index is 12.7. The van der Waals surface area contributed by atoms with Crippen molar-refractivity contribution in [1.29, 1.82) is 0 Å². The zero-order valence-corrected chi connectivity index (χ0v) is 12.6. The van der Waals surface area contributed by atoms with Crippen LogP contribution in [0.1, 0.15) is 19.8 Å². The molecule has 1 fully saturated rings. The molecule has 0 bridgehead atoms. The second kappa shape index (κ2) is 5.27. The third kappa shape index (κ3) is 2.73. The summed E-state index contributed by atoms with van der Waals surface area (Å²) in [6.45, 7) is 3.19. The molecule has 2 heterocycles. The molecule has 0 aliphatic carbocycles. The molecule has 0 spiro atoms. The molecule has 0 amide bonds. The normalized spacial score (nSPS) is 20.7. The van der Waals surface area contributed by atoms with E-state index in [0.717, 1.165) is 12.8 Å². The van der Waals surface area contributed by atoms with Crippen molar-refractivity contribution in [2.75, 3.05) is 13.1 Å². The first-order chi connectivity index (χ1) is 9.96. The molecule has 1 saturated heterocycles. The predicted octanol–water partition coefficient (Wildman–Crippen LogP) is 2.21. The summed E-state index contributed by atoms with van der Waals surface area (Å²) in [6, 6.07) is 7.48. The van der Waals surface area contributed by atoms with Crippen molar-refractivity contribution < 1.29 is 12.8 Å². The van der Waals surface area contributed by atoms with E-state index in [2.05, 4.69) is 6.92 Å². The van der Waals surface area contributed by atoms with Crippen LogP contribution in [0, 0.1) is 5.92 Å². The van der Waals surface area contributed by atoms with Gasteiger partial charge in [-0.15, -0.1) is 0 Å². The summed E-state index contributed by atoms with van der Waals surface area (Å²) in [6.07, 6.45) is 1.96. The van der Waals surface area contributed by atoms with Crippen LogP contribution in [0.3, 0.4) is 0 Å². The summed E-state index contributed by atoms with van der Waals surface area (Å²) in [5.41, 5.74) is -0.0450. The van der Waals surface area contributed by atoms with Gasteiger partial charge in [-0.05, 0) is 43.0 Å². The first-order valence-electron chi connectivity index (χ1n) is 7.01. The highest BCUT2D eigenvalue weighted by Gasteiger charge is 2.28. The standard InChI is InChI=1S/C15H17NO4S/c1-11-3-2-8-16(10-11)21(18,19)13-5-6-14-12(9-13)4-7-15(17)20-14/h4-7,9,11H,2-3,8,10H2,1H3/t11-/m0/s1. The highest BCUT2D eigenvalue weighted by atomic mass is 32.2. The van der Waals surface area contributed by atoms with Gasteiger partial charge in [-0.3, -0.25) is 0 Å². The van der Waals surface area contributed by atoms with E-state index in [0.29, 0.717) is 30.0 Å². The Morgan fingerprint density at radius 1 is 1.24 bits per heavy atom. The molecule has 112 valence electrons. The fourth-order valence-electron chi connectivity index (χ4n) is 2.72. The maximum Gasteiger partial charge on any atom is 0.336 e. The average Bonchev–Trinajstić information content (AvgIpc) is 2.46. The van der Waals surface area contributed by atoms with Crippen LogP contribution >= 0.6 is 0 Å². The second-order valence-electron chi connectivity index (χ2n) is 5.56. The maximum absolute atomic E-state index is 12.7. The van der Waals surface area contributed by atoms with E-state index in [1.54, 1.807) is 16.4 Å². The molecule has 1 aliphatic heterocycles. The zero-order valence-electron chi connectivity index (χ0n) is 11.8. The summed E-state index contributed by atoms with van der Waals surface area (Å²) in [5, 5.41) is 0.612. The number of fused-ring (bicyclic) bond motifs is 1. The van der Waals surface area contributed by atoms with Gasteiger partial charge in [0.05, 0.1) is 4.90 Å². The van der Waals surface area contributed by atoms with Gasteiger partial charge in [0, 0.05) is 24.5 Å². The van der Waals surface area contributed by atoms with Crippen molar-refractivity contribution in [2.45, 2.75) is 24.7 Å². The van der Waals surface area contributed by atoms with E-state index >= 15 is 0 Å². The fraction of sp³-hybridized carbons (Fsp3) is 0.400. The summed E-state index contributed by atoms with van der Waals surface area (Å²) < 4.78 is 31.9.